The van der Waals surface area contributed by atoms with Gasteiger partial charge in [-0.2, -0.15) is 0 Å². The van der Waals surface area contributed by atoms with Gasteiger partial charge in [0.25, 0.3) is 0 Å². The number of methoxy groups -OCH3 is 2. The van der Waals surface area contributed by atoms with Crippen molar-refractivity contribution in [2.24, 2.45) is 0 Å². The van der Waals surface area contributed by atoms with Gasteiger partial charge in [0, 0.05) is 18.2 Å². The molecule has 1 aromatic rings. The van der Waals surface area contributed by atoms with Crippen LogP contribution in [0.5, 0.6) is 11.5 Å². The van der Waals surface area contributed by atoms with E-state index in [1.54, 1.807) is 26.4 Å². The molecular formula is C14H20O4. The van der Waals surface area contributed by atoms with E-state index in [1.807, 2.05) is 13.8 Å². The molecule has 1 aromatic carbocycles. The minimum atomic E-state index is 0.0802. The van der Waals surface area contributed by atoms with Gasteiger partial charge in [-0.3, -0.25) is 4.79 Å². The van der Waals surface area contributed by atoms with Crippen LogP contribution in [0.25, 0.3) is 0 Å². The quantitative estimate of drug-likeness (QED) is 0.700. The lowest BCUT2D eigenvalue weighted by atomic mass is 10.1. The van der Waals surface area contributed by atoms with Crippen LogP contribution in [0.4, 0.5) is 0 Å². The normalized spacial score (nSPS) is 12.0. The highest BCUT2D eigenvalue weighted by Crippen LogP contribution is 2.34. The van der Waals surface area contributed by atoms with Crippen LogP contribution in [-0.4, -0.2) is 26.6 Å². The van der Waals surface area contributed by atoms with Gasteiger partial charge in [-0.15, -0.1) is 0 Å². The number of rotatable bonds is 7. The number of carbonyl (C=O) groups is 1. The first-order valence-electron chi connectivity index (χ1n) is 5.97. The molecular weight excluding hydrogens is 232 g/mol. The predicted octanol–water partition coefficient (Wildman–Crippen LogP) is 2.83. The molecule has 1 atom stereocenters. The highest BCUT2D eigenvalue weighted by molar-refractivity contribution is 5.77. The van der Waals surface area contributed by atoms with Crippen molar-refractivity contribution < 1.29 is 19.0 Å². The molecule has 18 heavy (non-hydrogen) atoms. The highest BCUT2D eigenvalue weighted by Gasteiger charge is 2.15. The first-order valence-corrected chi connectivity index (χ1v) is 5.97. The van der Waals surface area contributed by atoms with Gasteiger partial charge >= 0.3 is 0 Å². The average Bonchev–Trinajstić information content (AvgIpc) is 2.40. The van der Waals surface area contributed by atoms with Crippen molar-refractivity contribution in [3.05, 3.63) is 23.3 Å². The van der Waals surface area contributed by atoms with E-state index in [0.29, 0.717) is 23.7 Å². The third-order valence-electron chi connectivity index (χ3n) is 2.70. The Labute approximate surface area is 108 Å². The Kier molecular flexibility index (Phi) is 5.65. The molecule has 1 rings (SSSR count). The Balaban J connectivity index is 3.20. The molecule has 0 saturated heterocycles. The van der Waals surface area contributed by atoms with Crippen LogP contribution in [0.1, 0.15) is 36.2 Å². The van der Waals surface area contributed by atoms with Gasteiger partial charge in [-0.05, 0) is 25.5 Å². The number of ether oxygens (including phenoxy) is 3. The minimum Gasteiger partial charge on any atom is -0.493 e. The second kappa shape index (κ2) is 7.01. The van der Waals surface area contributed by atoms with E-state index in [-0.39, 0.29) is 6.10 Å². The first kappa shape index (κ1) is 14.5. The Morgan fingerprint density at radius 2 is 2.06 bits per heavy atom. The Morgan fingerprint density at radius 1 is 1.33 bits per heavy atom. The zero-order valence-corrected chi connectivity index (χ0v) is 11.4. The third-order valence-corrected chi connectivity index (χ3v) is 2.70. The molecule has 0 aliphatic heterocycles. The summed E-state index contributed by atoms with van der Waals surface area (Å²) in [5.41, 5.74) is 1.37. The molecule has 0 bridgehead atoms. The van der Waals surface area contributed by atoms with Crippen molar-refractivity contribution in [3.63, 3.8) is 0 Å². The highest BCUT2D eigenvalue weighted by atomic mass is 16.5. The number of benzene rings is 1. The summed E-state index contributed by atoms with van der Waals surface area (Å²) in [4.78, 5) is 10.9. The van der Waals surface area contributed by atoms with Crippen LogP contribution in [0.15, 0.2) is 12.1 Å². The number of hydrogen-bond donors (Lipinski definition) is 0. The Bertz CT molecular complexity index is 401. The molecule has 0 saturated carbocycles. The summed E-state index contributed by atoms with van der Waals surface area (Å²) >= 11 is 0. The molecule has 0 heterocycles. The largest absolute Gasteiger partial charge is 0.493 e. The molecule has 0 spiro atoms. The van der Waals surface area contributed by atoms with Crippen LogP contribution in [0, 0.1) is 0 Å². The Hall–Kier alpha value is -1.55. The summed E-state index contributed by atoms with van der Waals surface area (Å²) in [6.45, 7) is 4.42. The predicted molar refractivity (Wildman–Crippen MR) is 69.5 cm³/mol. The summed E-state index contributed by atoms with van der Waals surface area (Å²) in [6, 6.07) is 3.43. The lowest BCUT2D eigenvalue weighted by Crippen LogP contribution is -2.12. The summed E-state index contributed by atoms with van der Waals surface area (Å²) in [6.07, 6.45) is 1.76. The fourth-order valence-corrected chi connectivity index (χ4v) is 1.58. The van der Waals surface area contributed by atoms with Crippen molar-refractivity contribution in [2.75, 3.05) is 14.2 Å². The number of hydrogen-bond acceptors (Lipinski definition) is 4. The topological polar surface area (TPSA) is 44.8 Å². The summed E-state index contributed by atoms with van der Waals surface area (Å²) < 4.78 is 16.3. The van der Waals surface area contributed by atoms with E-state index in [4.69, 9.17) is 14.2 Å². The Morgan fingerprint density at radius 3 is 2.56 bits per heavy atom. The average molecular weight is 252 g/mol. The summed E-state index contributed by atoms with van der Waals surface area (Å²) in [5.74, 6) is 1.21. The molecule has 0 aliphatic rings. The summed E-state index contributed by atoms with van der Waals surface area (Å²) in [5, 5.41) is 0. The second-order valence-corrected chi connectivity index (χ2v) is 4.10. The van der Waals surface area contributed by atoms with Gasteiger partial charge in [0.05, 0.1) is 19.8 Å². The maximum Gasteiger partial charge on any atom is 0.167 e. The second-order valence-electron chi connectivity index (χ2n) is 4.10. The summed E-state index contributed by atoms with van der Waals surface area (Å²) in [7, 11) is 3.16. The monoisotopic (exact) mass is 252 g/mol. The van der Waals surface area contributed by atoms with Crippen LogP contribution >= 0.6 is 0 Å². The SMILES string of the molecule is CCC(C)Oc1c(COC)cc(C=O)cc1OC. The van der Waals surface area contributed by atoms with Gasteiger partial charge < -0.3 is 14.2 Å². The van der Waals surface area contributed by atoms with Gasteiger partial charge in [-0.25, -0.2) is 0 Å². The van der Waals surface area contributed by atoms with Crippen molar-refractivity contribution in [3.8, 4) is 11.5 Å². The van der Waals surface area contributed by atoms with Gasteiger partial charge in [-0.1, -0.05) is 6.92 Å². The standard InChI is InChI=1S/C14H20O4/c1-5-10(2)18-14-12(9-16-3)6-11(8-15)7-13(14)17-4/h6-8,10H,5,9H2,1-4H3. The number of carbonyl (C=O) groups excluding carboxylic acids is 1. The van der Waals surface area contributed by atoms with Crippen molar-refractivity contribution in [1.82, 2.24) is 0 Å². The smallest absolute Gasteiger partial charge is 0.167 e. The first-order chi connectivity index (χ1) is 8.65. The fourth-order valence-electron chi connectivity index (χ4n) is 1.58. The van der Waals surface area contributed by atoms with Crippen LogP contribution in [-0.2, 0) is 11.3 Å². The third kappa shape index (κ3) is 3.47. The van der Waals surface area contributed by atoms with Crippen molar-refractivity contribution in [1.29, 1.82) is 0 Å². The molecule has 0 aliphatic carbocycles. The lowest BCUT2D eigenvalue weighted by molar-refractivity contribution is 0.112. The van der Waals surface area contributed by atoms with Gasteiger partial charge in [0.2, 0.25) is 0 Å². The molecule has 100 valence electrons. The minimum absolute atomic E-state index is 0.0802. The fraction of sp³-hybridized carbons (Fsp3) is 0.500. The van der Waals surface area contributed by atoms with E-state index in [9.17, 15) is 4.79 Å². The lowest BCUT2D eigenvalue weighted by Gasteiger charge is -2.19. The van der Waals surface area contributed by atoms with Crippen LogP contribution in [0.3, 0.4) is 0 Å². The van der Waals surface area contributed by atoms with E-state index in [1.165, 1.54) is 0 Å². The molecule has 4 heteroatoms. The molecule has 0 aromatic heterocycles. The van der Waals surface area contributed by atoms with Crippen LogP contribution in [0.2, 0.25) is 0 Å². The van der Waals surface area contributed by atoms with Crippen LogP contribution < -0.4 is 9.47 Å². The zero-order valence-electron chi connectivity index (χ0n) is 11.4. The van der Waals surface area contributed by atoms with E-state index in [0.717, 1.165) is 18.3 Å². The van der Waals surface area contributed by atoms with E-state index >= 15 is 0 Å². The van der Waals surface area contributed by atoms with Gasteiger partial charge in [0.15, 0.2) is 11.5 Å². The maximum atomic E-state index is 10.9. The van der Waals surface area contributed by atoms with E-state index < -0.39 is 0 Å². The molecule has 0 radical (unpaired) electrons. The van der Waals surface area contributed by atoms with Gasteiger partial charge in [0.1, 0.15) is 6.29 Å². The number of aldehydes is 1. The molecule has 4 nitrogen and oxygen atoms in total. The zero-order chi connectivity index (χ0) is 13.5. The van der Waals surface area contributed by atoms with Crippen molar-refractivity contribution in [2.45, 2.75) is 33.0 Å². The molecule has 1 unspecified atom stereocenters. The molecule has 0 fully saturated rings. The molecule has 0 N–H and O–H groups in total. The molecule has 0 amide bonds. The van der Waals surface area contributed by atoms with E-state index in [2.05, 4.69) is 0 Å². The van der Waals surface area contributed by atoms with Crippen molar-refractivity contribution >= 4 is 6.29 Å². The maximum absolute atomic E-state index is 10.9.